The van der Waals surface area contributed by atoms with E-state index < -0.39 is 0 Å². The molecule has 1 aromatic rings. The van der Waals surface area contributed by atoms with Gasteiger partial charge < -0.3 is 0 Å². The third-order valence-electron chi connectivity index (χ3n) is 0.890. The molecule has 1 heterocycles. The summed E-state index contributed by atoms with van der Waals surface area (Å²) in [5, 5.41) is 14.8. The third-order valence-corrected chi connectivity index (χ3v) is 1.08. The number of aromatic amines is 1. The first kappa shape index (κ1) is 7.73. The number of rotatable bonds is 2. The van der Waals surface area contributed by atoms with E-state index in [1.165, 1.54) is 6.92 Å². The van der Waals surface area contributed by atoms with Crippen LogP contribution in [0, 0.1) is 0 Å². The summed E-state index contributed by atoms with van der Waals surface area (Å²) in [4.78, 5) is 11.1. The number of H-pyrrole nitrogens is 1. The summed E-state index contributed by atoms with van der Waals surface area (Å²) >= 11 is 4.59. The Kier molecular flexibility index (Phi) is 2.21. The van der Waals surface area contributed by atoms with Crippen molar-refractivity contribution in [1.29, 1.82) is 0 Å². The van der Waals surface area contributed by atoms with Gasteiger partial charge in [-0.2, -0.15) is 5.21 Å². The van der Waals surface area contributed by atoms with Crippen LogP contribution in [0.5, 0.6) is 0 Å². The van der Waals surface area contributed by atoms with Crippen LogP contribution in [0.25, 0.3) is 0 Å². The number of carbonyl (C=O) groups excluding carboxylic acids is 1. The number of amides is 1. The highest BCUT2D eigenvalue weighted by atomic mass is 32.1. The topological polar surface area (TPSA) is 83.6 Å². The van der Waals surface area contributed by atoms with Gasteiger partial charge in [-0.15, -0.1) is 5.10 Å². The van der Waals surface area contributed by atoms with Gasteiger partial charge in [-0.25, -0.2) is 0 Å². The molecule has 58 valence electrons. The molecule has 7 heteroatoms. The van der Waals surface area contributed by atoms with Gasteiger partial charge in [0.05, 0.1) is 4.86 Å². The zero-order valence-electron chi connectivity index (χ0n) is 5.66. The van der Waals surface area contributed by atoms with Crippen molar-refractivity contribution in [3.8, 4) is 0 Å². The second-order valence-corrected chi connectivity index (χ2v) is 2.36. The van der Waals surface area contributed by atoms with Crippen LogP contribution in [-0.2, 0) is 4.79 Å². The lowest BCUT2D eigenvalue weighted by atomic mass is 10.4. The van der Waals surface area contributed by atoms with Crippen LogP contribution in [0.3, 0.4) is 0 Å². The summed E-state index contributed by atoms with van der Waals surface area (Å²) in [5.74, 6) is -0.263. The van der Waals surface area contributed by atoms with Gasteiger partial charge in [0.15, 0.2) is 0 Å². The molecule has 0 aliphatic heterocycles. The lowest BCUT2D eigenvalue weighted by Crippen LogP contribution is -2.19. The molecule has 0 saturated heterocycles. The van der Waals surface area contributed by atoms with Crippen LogP contribution >= 0.6 is 12.2 Å². The Morgan fingerprint density at radius 1 is 1.73 bits per heavy atom. The molecule has 2 N–H and O–H groups in total. The number of nitrogens with zero attached hydrogens (tertiary/aromatic N) is 3. The molecule has 0 spiro atoms. The van der Waals surface area contributed by atoms with E-state index in [1.807, 2.05) is 0 Å². The highest BCUT2D eigenvalue weighted by Crippen LogP contribution is 1.90. The smallest absolute Gasteiger partial charge is 0.270 e. The number of nitrogens with one attached hydrogen (secondary N) is 2. The van der Waals surface area contributed by atoms with Crippen LogP contribution in [0.4, 0.5) is 5.95 Å². The molecule has 6 nitrogen and oxygen atoms in total. The van der Waals surface area contributed by atoms with Gasteiger partial charge in [-0.05, 0) is 12.1 Å². The van der Waals surface area contributed by atoms with E-state index in [0.717, 1.165) is 0 Å². The molecule has 0 aromatic carbocycles. The fraction of sp³-hybridized carbons (Fsp3) is 0.250. The number of hydrogen-bond donors (Lipinski definition) is 2. The highest BCUT2D eigenvalue weighted by Gasteiger charge is 2.05. The minimum absolute atomic E-state index is 0.124. The van der Waals surface area contributed by atoms with Gasteiger partial charge in [0, 0.05) is 0 Å². The lowest BCUT2D eigenvalue weighted by Gasteiger charge is -1.94. The average molecular weight is 171 g/mol. The standard InChI is InChI=1S/C4H5N5OS/c1-2(11)3(10)5-4-6-8-9-7-4/h1H3,(H2,5,6,7,8,9,10). The van der Waals surface area contributed by atoms with E-state index in [9.17, 15) is 4.79 Å². The highest BCUT2D eigenvalue weighted by molar-refractivity contribution is 7.82. The molecule has 0 aliphatic rings. The van der Waals surface area contributed by atoms with Crippen molar-refractivity contribution in [2.75, 3.05) is 5.32 Å². The Bertz CT molecular complexity index is 268. The predicted octanol–water partition coefficient (Wildman–Crippen LogP) is -0.472. The molecule has 0 saturated carbocycles. The van der Waals surface area contributed by atoms with Crippen LogP contribution < -0.4 is 5.32 Å². The molecule has 0 atom stereocenters. The summed E-state index contributed by atoms with van der Waals surface area (Å²) in [5.41, 5.74) is 0. The Morgan fingerprint density at radius 2 is 2.45 bits per heavy atom. The van der Waals surface area contributed by atoms with Crippen molar-refractivity contribution in [1.82, 2.24) is 20.6 Å². The first-order valence-electron chi connectivity index (χ1n) is 2.75. The molecule has 1 rings (SSSR count). The van der Waals surface area contributed by atoms with E-state index in [2.05, 4.69) is 38.2 Å². The van der Waals surface area contributed by atoms with Crippen molar-refractivity contribution in [2.45, 2.75) is 6.92 Å². The number of thiocarbonyl (C=S) groups is 1. The molecule has 0 fully saturated rings. The number of carbonyl (C=O) groups is 1. The Labute approximate surface area is 67.4 Å². The van der Waals surface area contributed by atoms with Crippen molar-refractivity contribution in [3.05, 3.63) is 0 Å². The molecule has 1 amide bonds. The zero-order chi connectivity index (χ0) is 8.27. The maximum Gasteiger partial charge on any atom is 0.270 e. The van der Waals surface area contributed by atoms with Crippen molar-refractivity contribution in [3.63, 3.8) is 0 Å². The summed E-state index contributed by atoms with van der Waals surface area (Å²) in [6.45, 7) is 1.52. The molecule has 0 aliphatic carbocycles. The van der Waals surface area contributed by atoms with E-state index >= 15 is 0 Å². The summed E-state index contributed by atoms with van der Waals surface area (Å²) in [6, 6.07) is 0. The largest absolute Gasteiger partial charge is 0.287 e. The van der Waals surface area contributed by atoms with E-state index in [-0.39, 0.29) is 16.7 Å². The molecule has 11 heavy (non-hydrogen) atoms. The van der Waals surface area contributed by atoms with E-state index in [4.69, 9.17) is 0 Å². The predicted molar refractivity (Wildman–Crippen MR) is 41.1 cm³/mol. The maximum absolute atomic E-state index is 10.8. The molecule has 1 aromatic heterocycles. The molecular weight excluding hydrogens is 166 g/mol. The first-order chi connectivity index (χ1) is 5.20. The molecule has 0 radical (unpaired) electrons. The van der Waals surface area contributed by atoms with Crippen molar-refractivity contribution in [2.24, 2.45) is 0 Å². The van der Waals surface area contributed by atoms with E-state index in [0.29, 0.717) is 0 Å². The van der Waals surface area contributed by atoms with Gasteiger partial charge >= 0.3 is 0 Å². The van der Waals surface area contributed by atoms with Crippen LogP contribution in [-0.4, -0.2) is 31.4 Å². The molecule has 0 bridgehead atoms. The lowest BCUT2D eigenvalue weighted by molar-refractivity contribution is -0.110. The SMILES string of the molecule is CC(=S)C(=O)Nc1nn[nH]n1. The Hall–Kier alpha value is -1.37. The first-order valence-corrected chi connectivity index (χ1v) is 3.16. The summed E-state index contributed by atoms with van der Waals surface area (Å²) < 4.78 is 0. The van der Waals surface area contributed by atoms with Gasteiger partial charge in [0.25, 0.3) is 11.9 Å². The fourth-order valence-electron chi connectivity index (χ4n) is 0.404. The normalized spacial score (nSPS) is 9.18. The van der Waals surface area contributed by atoms with Crippen LogP contribution in [0.15, 0.2) is 0 Å². The van der Waals surface area contributed by atoms with Gasteiger partial charge in [-0.1, -0.05) is 17.3 Å². The minimum Gasteiger partial charge on any atom is -0.287 e. The van der Waals surface area contributed by atoms with Gasteiger partial charge in [-0.3, -0.25) is 10.1 Å². The molecular formula is C4H5N5OS. The fourth-order valence-corrected chi connectivity index (χ4v) is 0.455. The van der Waals surface area contributed by atoms with Crippen LogP contribution in [0.1, 0.15) is 6.92 Å². The number of hydrogen-bond acceptors (Lipinski definition) is 5. The zero-order valence-corrected chi connectivity index (χ0v) is 6.47. The second kappa shape index (κ2) is 3.15. The number of anilines is 1. The number of aromatic nitrogens is 4. The molecule has 0 unspecified atom stereocenters. The summed E-state index contributed by atoms with van der Waals surface area (Å²) in [6.07, 6.45) is 0. The third kappa shape index (κ3) is 2.04. The average Bonchev–Trinajstić information content (AvgIpc) is 2.39. The van der Waals surface area contributed by atoms with Crippen molar-refractivity contribution < 1.29 is 4.79 Å². The Balaban J connectivity index is 2.57. The maximum atomic E-state index is 10.8. The minimum atomic E-state index is -0.388. The monoisotopic (exact) mass is 171 g/mol. The van der Waals surface area contributed by atoms with Gasteiger partial charge in [0.2, 0.25) is 0 Å². The van der Waals surface area contributed by atoms with Gasteiger partial charge in [0.1, 0.15) is 0 Å². The second-order valence-electron chi connectivity index (χ2n) is 1.75. The summed E-state index contributed by atoms with van der Waals surface area (Å²) in [7, 11) is 0. The Morgan fingerprint density at radius 3 is 2.91 bits per heavy atom. The van der Waals surface area contributed by atoms with Crippen LogP contribution in [0.2, 0.25) is 0 Å². The van der Waals surface area contributed by atoms with E-state index in [1.54, 1.807) is 0 Å². The quantitative estimate of drug-likeness (QED) is 0.587. The number of tetrazole rings is 1. The van der Waals surface area contributed by atoms with Crippen molar-refractivity contribution >= 4 is 28.9 Å².